The number of anilines is 2. The molecule has 28 heavy (non-hydrogen) atoms. The van der Waals surface area contributed by atoms with Gasteiger partial charge >= 0.3 is 0 Å². The number of quaternary nitrogens is 1. The van der Waals surface area contributed by atoms with Crippen LogP contribution in [-0.4, -0.2) is 31.4 Å². The van der Waals surface area contributed by atoms with Gasteiger partial charge in [-0.3, -0.25) is 9.59 Å². The normalized spacial score (nSPS) is 10.6. The summed E-state index contributed by atoms with van der Waals surface area (Å²) in [6.45, 7) is 12.5. The van der Waals surface area contributed by atoms with Crippen LogP contribution in [0.5, 0.6) is 0 Å². The molecule has 0 unspecified atom stereocenters. The third-order valence-corrected chi connectivity index (χ3v) is 4.75. The van der Waals surface area contributed by atoms with E-state index in [-0.39, 0.29) is 24.9 Å². The molecule has 0 bridgehead atoms. The van der Waals surface area contributed by atoms with Crippen molar-refractivity contribution in [3.8, 4) is 0 Å². The van der Waals surface area contributed by atoms with Crippen LogP contribution in [0.3, 0.4) is 0 Å². The van der Waals surface area contributed by atoms with Crippen molar-refractivity contribution in [2.45, 2.75) is 27.7 Å². The molecule has 0 fully saturated rings. The van der Waals surface area contributed by atoms with Crippen molar-refractivity contribution >= 4 is 23.2 Å². The standard InChI is InChI=1S/C23H29N3O2/c1-6-13-26(14-20(27)24-22-16(2)9-7-10-17(22)3)15-21(28)25-23-18(4)11-8-12-19(23)5/h6-12H,1,13-15H2,2-5H3,(H,24,27)(H,25,28)/p+1. The van der Waals surface area contributed by atoms with E-state index in [1.807, 2.05) is 64.1 Å². The second kappa shape index (κ2) is 9.85. The Morgan fingerprint density at radius 2 is 1.18 bits per heavy atom. The number of carbonyl (C=O) groups is 2. The van der Waals surface area contributed by atoms with Crippen LogP contribution in [-0.2, 0) is 9.59 Å². The van der Waals surface area contributed by atoms with Crippen molar-refractivity contribution in [1.82, 2.24) is 0 Å². The van der Waals surface area contributed by atoms with Gasteiger partial charge in [-0.2, -0.15) is 0 Å². The SMILES string of the molecule is C=CC[NH+](CC(=O)Nc1c(C)cccc1C)CC(=O)Nc1c(C)cccc1C. The summed E-state index contributed by atoms with van der Waals surface area (Å²) in [5, 5.41) is 5.97. The van der Waals surface area contributed by atoms with Gasteiger partial charge < -0.3 is 15.5 Å². The minimum Gasteiger partial charge on any atom is -0.321 e. The van der Waals surface area contributed by atoms with Crippen molar-refractivity contribution < 1.29 is 14.5 Å². The lowest BCUT2D eigenvalue weighted by Gasteiger charge is -2.19. The van der Waals surface area contributed by atoms with Gasteiger partial charge in [-0.05, 0) is 56.0 Å². The van der Waals surface area contributed by atoms with Crippen molar-refractivity contribution in [1.29, 1.82) is 0 Å². The Hall–Kier alpha value is -2.92. The minimum atomic E-state index is -0.117. The zero-order valence-corrected chi connectivity index (χ0v) is 17.2. The molecule has 0 radical (unpaired) electrons. The Morgan fingerprint density at radius 3 is 1.50 bits per heavy atom. The highest BCUT2D eigenvalue weighted by Gasteiger charge is 2.19. The molecular formula is C23H30N3O2+. The lowest BCUT2D eigenvalue weighted by molar-refractivity contribution is -0.877. The molecule has 0 aromatic heterocycles. The van der Waals surface area contributed by atoms with E-state index in [1.165, 1.54) is 0 Å². The van der Waals surface area contributed by atoms with Crippen LogP contribution in [0.2, 0.25) is 0 Å². The number of aryl methyl sites for hydroxylation is 4. The summed E-state index contributed by atoms with van der Waals surface area (Å²) < 4.78 is 0. The van der Waals surface area contributed by atoms with Crippen LogP contribution in [0.25, 0.3) is 0 Å². The van der Waals surface area contributed by atoms with Crippen molar-refractivity contribution in [2.75, 3.05) is 30.3 Å². The van der Waals surface area contributed by atoms with Gasteiger partial charge in [0.05, 0.1) is 6.54 Å². The average molecular weight is 381 g/mol. The molecule has 0 aliphatic carbocycles. The van der Waals surface area contributed by atoms with Gasteiger partial charge in [0, 0.05) is 11.4 Å². The fourth-order valence-electron chi connectivity index (χ4n) is 3.26. The third kappa shape index (κ3) is 5.79. The van der Waals surface area contributed by atoms with Crippen LogP contribution in [0.15, 0.2) is 49.1 Å². The number of rotatable bonds is 8. The number of hydrogen-bond acceptors (Lipinski definition) is 2. The molecule has 5 nitrogen and oxygen atoms in total. The summed E-state index contributed by atoms with van der Waals surface area (Å²) in [5.74, 6) is -0.233. The second-order valence-electron chi connectivity index (χ2n) is 7.23. The van der Waals surface area contributed by atoms with E-state index in [0.717, 1.165) is 38.5 Å². The smallest absolute Gasteiger partial charge is 0.279 e. The quantitative estimate of drug-likeness (QED) is 0.617. The van der Waals surface area contributed by atoms with Crippen molar-refractivity contribution in [3.63, 3.8) is 0 Å². The molecule has 2 rings (SSSR count). The first-order valence-corrected chi connectivity index (χ1v) is 9.48. The van der Waals surface area contributed by atoms with E-state index in [2.05, 4.69) is 17.2 Å². The van der Waals surface area contributed by atoms with Gasteiger partial charge in [0.1, 0.15) is 0 Å². The molecule has 3 N–H and O–H groups in total. The van der Waals surface area contributed by atoms with Crippen molar-refractivity contribution in [2.24, 2.45) is 0 Å². The largest absolute Gasteiger partial charge is 0.321 e. The van der Waals surface area contributed by atoms with E-state index in [0.29, 0.717) is 6.54 Å². The highest BCUT2D eigenvalue weighted by molar-refractivity contribution is 5.94. The first-order valence-electron chi connectivity index (χ1n) is 9.48. The second-order valence-corrected chi connectivity index (χ2v) is 7.23. The first-order chi connectivity index (χ1) is 13.3. The Labute approximate surface area is 167 Å². The molecule has 2 aromatic carbocycles. The monoisotopic (exact) mass is 380 g/mol. The molecule has 2 aromatic rings. The highest BCUT2D eigenvalue weighted by atomic mass is 16.2. The maximum Gasteiger partial charge on any atom is 0.279 e. The van der Waals surface area contributed by atoms with Gasteiger partial charge in [0.25, 0.3) is 11.8 Å². The molecule has 0 aliphatic heterocycles. The molecule has 0 spiro atoms. The number of carbonyl (C=O) groups excluding carboxylic acids is 2. The number of para-hydroxylation sites is 2. The van der Waals surface area contributed by atoms with Crippen molar-refractivity contribution in [3.05, 3.63) is 71.3 Å². The number of hydrogen-bond donors (Lipinski definition) is 3. The predicted molar refractivity (Wildman–Crippen MR) is 115 cm³/mol. The van der Waals surface area contributed by atoms with E-state index >= 15 is 0 Å². The molecule has 0 heterocycles. The number of benzene rings is 2. The Morgan fingerprint density at radius 1 is 0.821 bits per heavy atom. The van der Waals surface area contributed by atoms with Crippen LogP contribution in [0.1, 0.15) is 22.3 Å². The zero-order chi connectivity index (χ0) is 20.7. The summed E-state index contributed by atoms with van der Waals surface area (Å²) in [6, 6.07) is 11.8. The molecule has 148 valence electrons. The van der Waals surface area contributed by atoms with Crippen LogP contribution < -0.4 is 15.5 Å². The van der Waals surface area contributed by atoms with E-state index in [1.54, 1.807) is 6.08 Å². The van der Waals surface area contributed by atoms with E-state index < -0.39 is 0 Å². The van der Waals surface area contributed by atoms with Gasteiger partial charge in [0.2, 0.25) is 0 Å². The maximum atomic E-state index is 12.6. The van der Waals surface area contributed by atoms with E-state index in [4.69, 9.17) is 0 Å². The lowest BCUT2D eigenvalue weighted by Crippen LogP contribution is -3.14. The summed E-state index contributed by atoms with van der Waals surface area (Å²) in [7, 11) is 0. The molecule has 0 saturated heterocycles. The van der Waals surface area contributed by atoms with Crippen LogP contribution >= 0.6 is 0 Å². The molecular weight excluding hydrogens is 350 g/mol. The maximum absolute atomic E-state index is 12.6. The first kappa shape index (κ1) is 21.4. The molecule has 0 aliphatic rings. The summed E-state index contributed by atoms with van der Waals surface area (Å²) >= 11 is 0. The number of amides is 2. The highest BCUT2D eigenvalue weighted by Crippen LogP contribution is 2.19. The Kier molecular flexibility index (Phi) is 7.52. The summed E-state index contributed by atoms with van der Waals surface area (Å²) in [5.41, 5.74) is 5.76. The lowest BCUT2D eigenvalue weighted by atomic mass is 10.1. The summed E-state index contributed by atoms with van der Waals surface area (Å²) in [4.78, 5) is 25.9. The molecule has 5 heteroatoms. The molecule has 0 atom stereocenters. The Bertz CT molecular complexity index is 766. The average Bonchev–Trinajstić information content (AvgIpc) is 2.62. The van der Waals surface area contributed by atoms with Crippen LogP contribution in [0.4, 0.5) is 11.4 Å². The summed E-state index contributed by atoms with van der Waals surface area (Å²) in [6.07, 6.45) is 1.73. The molecule has 0 saturated carbocycles. The topological polar surface area (TPSA) is 62.6 Å². The minimum absolute atomic E-state index is 0.117. The third-order valence-electron chi connectivity index (χ3n) is 4.75. The van der Waals surface area contributed by atoms with Gasteiger partial charge in [-0.25, -0.2) is 0 Å². The predicted octanol–water partition coefficient (Wildman–Crippen LogP) is 2.57. The van der Waals surface area contributed by atoms with Gasteiger partial charge in [-0.1, -0.05) is 43.0 Å². The number of nitrogens with one attached hydrogen (secondary N) is 3. The fraction of sp³-hybridized carbons (Fsp3) is 0.304. The van der Waals surface area contributed by atoms with E-state index in [9.17, 15) is 9.59 Å². The van der Waals surface area contributed by atoms with Gasteiger partial charge in [0.15, 0.2) is 13.1 Å². The zero-order valence-electron chi connectivity index (χ0n) is 17.2. The molecule has 2 amide bonds. The Balaban J connectivity index is 2.01. The fourth-order valence-corrected chi connectivity index (χ4v) is 3.26. The van der Waals surface area contributed by atoms with Crippen LogP contribution in [0, 0.1) is 27.7 Å². The van der Waals surface area contributed by atoms with Gasteiger partial charge in [-0.15, -0.1) is 0 Å².